The van der Waals surface area contributed by atoms with Crippen molar-refractivity contribution in [1.82, 2.24) is 0 Å². The molecular weight excluding hydrogens is 357 g/mol. The molecule has 146 valence electrons. The predicted molar refractivity (Wildman–Crippen MR) is 95.9 cm³/mol. The number of alkyl halides is 3. The van der Waals surface area contributed by atoms with Gasteiger partial charge < -0.3 is 15.3 Å². The van der Waals surface area contributed by atoms with Crippen molar-refractivity contribution in [2.24, 2.45) is 0 Å². The molecule has 0 amide bonds. The van der Waals surface area contributed by atoms with Crippen molar-refractivity contribution in [3.63, 3.8) is 0 Å². The summed E-state index contributed by atoms with van der Waals surface area (Å²) in [6.45, 7) is 6.34. The van der Waals surface area contributed by atoms with E-state index in [9.17, 15) is 28.5 Å². The number of phenols is 2. The first kappa shape index (κ1) is 19.5. The first-order valence-electron chi connectivity index (χ1n) is 8.68. The van der Waals surface area contributed by atoms with Crippen molar-refractivity contribution in [2.45, 2.75) is 56.7 Å². The highest BCUT2D eigenvalue weighted by Crippen LogP contribution is 2.58. The molecule has 0 saturated heterocycles. The van der Waals surface area contributed by atoms with E-state index >= 15 is 0 Å². The smallest absolute Gasteiger partial charge is 0.421 e. The molecule has 0 radical (unpaired) electrons. The number of phenolic OH excluding ortho intramolecular Hbond substituents is 2. The normalized spacial score (nSPS) is 23.7. The summed E-state index contributed by atoms with van der Waals surface area (Å²) in [5.41, 5.74) is -3.40. The van der Waals surface area contributed by atoms with Gasteiger partial charge in [-0.2, -0.15) is 13.2 Å². The Labute approximate surface area is 156 Å². The minimum Gasteiger partial charge on any atom is -0.508 e. The molecule has 1 aliphatic carbocycles. The summed E-state index contributed by atoms with van der Waals surface area (Å²) in [5.74, 6) is -0.531. The van der Waals surface area contributed by atoms with Crippen LogP contribution in [0.25, 0.3) is 0 Å². The molecule has 0 fully saturated rings. The fourth-order valence-corrected chi connectivity index (χ4v) is 4.51. The highest BCUT2D eigenvalue weighted by molar-refractivity contribution is 5.61. The first-order chi connectivity index (χ1) is 12.2. The van der Waals surface area contributed by atoms with Gasteiger partial charge in [-0.1, -0.05) is 39.0 Å². The van der Waals surface area contributed by atoms with Gasteiger partial charge in [0, 0.05) is 11.0 Å². The summed E-state index contributed by atoms with van der Waals surface area (Å²) in [6.07, 6.45) is -4.47. The van der Waals surface area contributed by atoms with Crippen molar-refractivity contribution in [2.75, 3.05) is 0 Å². The van der Waals surface area contributed by atoms with Crippen LogP contribution in [0.5, 0.6) is 11.5 Å². The van der Waals surface area contributed by atoms with Crippen LogP contribution in [-0.4, -0.2) is 21.5 Å². The van der Waals surface area contributed by atoms with Crippen molar-refractivity contribution < 1.29 is 28.5 Å². The third-order valence-electron chi connectivity index (χ3n) is 5.80. The Morgan fingerprint density at radius 3 is 2.00 bits per heavy atom. The van der Waals surface area contributed by atoms with E-state index in [1.165, 1.54) is 18.2 Å². The van der Waals surface area contributed by atoms with Crippen molar-refractivity contribution in [3.8, 4) is 11.5 Å². The van der Waals surface area contributed by atoms with Gasteiger partial charge in [0.25, 0.3) is 0 Å². The second-order valence-corrected chi connectivity index (χ2v) is 8.39. The summed E-state index contributed by atoms with van der Waals surface area (Å²) in [7, 11) is 0. The minimum atomic E-state index is -4.96. The Morgan fingerprint density at radius 1 is 0.926 bits per heavy atom. The summed E-state index contributed by atoms with van der Waals surface area (Å²) in [6, 6.07) is 9.14. The van der Waals surface area contributed by atoms with Gasteiger partial charge in [0.15, 0.2) is 5.60 Å². The van der Waals surface area contributed by atoms with Crippen LogP contribution >= 0.6 is 0 Å². The molecule has 0 bridgehead atoms. The van der Waals surface area contributed by atoms with Crippen LogP contribution in [-0.2, 0) is 16.4 Å². The second-order valence-electron chi connectivity index (χ2n) is 8.39. The monoisotopic (exact) mass is 380 g/mol. The summed E-state index contributed by atoms with van der Waals surface area (Å²) in [5, 5.41) is 30.4. The fraction of sp³-hybridized carbons (Fsp3) is 0.429. The molecule has 3 rings (SSSR count). The molecular formula is C21H23F3O3. The quantitative estimate of drug-likeness (QED) is 0.698. The van der Waals surface area contributed by atoms with Gasteiger partial charge in [-0.25, -0.2) is 0 Å². The standard InChI is InChI=1S/C21H23F3O3/c1-18(2)11-19(3,12-5-7-13(25)8-6-12)16-14(18)9-10-15(26)17(16)20(4,27)21(22,23)24/h5-10,25-27H,11H2,1-4H3. The highest BCUT2D eigenvalue weighted by Gasteiger charge is 2.57. The highest BCUT2D eigenvalue weighted by atomic mass is 19.4. The lowest BCUT2D eigenvalue weighted by Gasteiger charge is -2.35. The van der Waals surface area contributed by atoms with Crippen LogP contribution in [0.15, 0.2) is 36.4 Å². The van der Waals surface area contributed by atoms with E-state index in [0.29, 0.717) is 30.0 Å². The largest absolute Gasteiger partial charge is 0.508 e. The van der Waals surface area contributed by atoms with E-state index in [4.69, 9.17) is 0 Å². The maximum Gasteiger partial charge on any atom is 0.421 e. The molecule has 0 heterocycles. The molecule has 2 aromatic rings. The molecule has 0 saturated carbocycles. The Kier molecular flexibility index (Phi) is 4.09. The van der Waals surface area contributed by atoms with Crippen molar-refractivity contribution in [1.29, 1.82) is 0 Å². The predicted octanol–water partition coefficient (Wildman–Crippen LogP) is 4.85. The van der Waals surface area contributed by atoms with E-state index in [1.807, 2.05) is 20.8 Å². The summed E-state index contributed by atoms with van der Waals surface area (Å²) < 4.78 is 41.0. The number of aliphatic hydroxyl groups is 1. The van der Waals surface area contributed by atoms with E-state index in [2.05, 4.69) is 0 Å². The number of aromatic hydroxyl groups is 2. The number of fused-ring (bicyclic) bond motifs is 1. The van der Waals surface area contributed by atoms with Crippen molar-refractivity contribution >= 4 is 0 Å². The van der Waals surface area contributed by atoms with Gasteiger partial charge in [-0.3, -0.25) is 0 Å². The number of rotatable bonds is 2. The maximum atomic E-state index is 13.7. The average Bonchev–Trinajstić information content (AvgIpc) is 2.73. The van der Waals surface area contributed by atoms with Crippen LogP contribution in [0.1, 0.15) is 56.4 Å². The zero-order valence-electron chi connectivity index (χ0n) is 15.6. The summed E-state index contributed by atoms with van der Waals surface area (Å²) in [4.78, 5) is 0. The molecule has 6 heteroatoms. The van der Waals surface area contributed by atoms with Gasteiger partial charge >= 0.3 is 6.18 Å². The number of hydrogen-bond donors (Lipinski definition) is 3. The lowest BCUT2D eigenvalue weighted by molar-refractivity contribution is -0.259. The van der Waals surface area contributed by atoms with E-state index < -0.39 is 33.9 Å². The molecule has 0 spiro atoms. The third-order valence-corrected chi connectivity index (χ3v) is 5.80. The molecule has 1 aliphatic rings. The van der Waals surface area contributed by atoms with Crippen LogP contribution in [0, 0.1) is 0 Å². The van der Waals surface area contributed by atoms with E-state index in [-0.39, 0.29) is 5.75 Å². The fourth-order valence-electron chi connectivity index (χ4n) is 4.51. The topological polar surface area (TPSA) is 60.7 Å². The van der Waals surface area contributed by atoms with Crippen LogP contribution < -0.4 is 0 Å². The van der Waals surface area contributed by atoms with Crippen LogP contribution in [0.3, 0.4) is 0 Å². The molecule has 0 aromatic heterocycles. The Balaban J connectivity index is 2.39. The molecule has 3 N–H and O–H groups in total. The van der Waals surface area contributed by atoms with E-state index in [1.54, 1.807) is 18.2 Å². The van der Waals surface area contributed by atoms with Gasteiger partial charge in [0.2, 0.25) is 0 Å². The molecule has 0 aliphatic heterocycles. The zero-order valence-corrected chi connectivity index (χ0v) is 15.6. The second kappa shape index (κ2) is 5.64. The van der Waals surface area contributed by atoms with Gasteiger partial charge in [0.1, 0.15) is 11.5 Å². The molecule has 2 unspecified atom stereocenters. The first-order valence-corrected chi connectivity index (χ1v) is 8.68. The van der Waals surface area contributed by atoms with Gasteiger partial charge in [0.05, 0.1) is 0 Å². The maximum absolute atomic E-state index is 13.7. The number of hydrogen-bond acceptors (Lipinski definition) is 3. The SMILES string of the molecule is CC1(C)CC(C)(c2ccc(O)cc2)c2c1ccc(O)c2C(C)(O)C(F)(F)F. The number of halogens is 3. The molecule has 3 nitrogen and oxygen atoms in total. The molecule has 27 heavy (non-hydrogen) atoms. The lowest BCUT2D eigenvalue weighted by Crippen LogP contribution is -2.41. The van der Waals surface area contributed by atoms with Crippen molar-refractivity contribution in [3.05, 3.63) is 58.7 Å². The minimum absolute atomic E-state index is 0.0539. The zero-order chi connectivity index (χ0) is 20.4. The molecule has 2 aromatic carbocycles. The number of benzene rings is 2. The molecule has 2 atom stereocenters. The average molecular weight is 380 g/mol. The Hall–Kier alpha value is -2.21. The Morgan fingerprint density at radius 2 is 1.48 bits per heavy atom. The van der Waals surface area contributed by atoms with Gasteiger partial charge in [-0.15, -0.1) is 0 Å². The summed E-state index contributed by atoms with van der Waals surface area (Å²) >= 11 is 0. The van der Waals surface area contributed by atoms with Crippen LogP contribution in [0.2, 0.25) is 0 Å². The Bertz CT molecular complexity index is 883. The van der Waals surface area contributed by atoms with Gasteiger partial charge in [-0.05, 0) is 53.6 Å². The van der Waals surface area contributed by atoms with Crippen LogP contribution in [0.4, 0.5) is 13.2 Å². The van der Waals surface area contributed by atoms with E-state index in [0.717, 1.165) is 0 Å². The lowest BCUT2D eigenvalue weighted by atomic mass is 9.72. The third kappa shape index (κ3) is 2.78.